The highest BCUT2D eigenvalue weighted by atomic mass is 16.6. The summed E-state index contributed by atoms with van der Waals surface area (Å²) in [5, 5.41) is 25.9. The summed E-state index contributed by atoms with van der Waals surface area (Å²) in [5.74, 6) is -1.07. The predicted molar refractivity (Wildman–Crippen MR) is 102 cm³/mol. The normalized spacial score (nSPS) is 11.9. The van der Waals surface area contributed by atoms with E-state index in [4.69, 9.17) is 4.42 Å². The number of nitrogens with one attached hydrogen (secondary N) is 1. The Morgan fingerprint density at radius 3 is 2.04 bits per heavy atom. The molecule has 0 unspecified atom stereocenters. The molecule has 2 aromatic carbocycles. The van der Waals surface area contributed by atoms with Gasteiger partial charge in [0.2, 0.25) is 0 Å². The van der Waals surface area contributed by atoms with Crippen LogP contribution in [0.1, 0.15) is 23.8 Å². The highest BCUT2D eigenvalue weighted by Gasteiger charge is 2.40. The fraction of sp³-hybridized carbons (Fsp3) is 0.100. The first-order valence-electron chi connectivity index (χ1n) is 8.35. The lowest BCUT2D eigenvalue weighted by molar-refractivity contribution is -0.402. The number of carbonyl (C=O) groups is 1. The molecule has 1 amide bonds. The Morgan fingerprint density at radius 2 is 1.57 bits per heavy atom. The first kappa shape index (κ1) is 19.0. The zero-order chi connectivity index (χ0) is 20.1. The lowest BCUT2D eigenvalue weighted by atomic mass is 9.85. The number of hydrogen-bond donors (Lipinski definition) is 2. The molecule has 0 aliphatic rings. The van der Waals surface area contributed by atoms with E-state index in [-0.39, 0.29) is 11.5 Å². The van der Waals surface area contributed by atoms with Crippen LogP contribution in [0.15, 0.2) is 82.3 Å². The van der Waals surface area contributed by atoms with Crippen LogP contribution in [-0.2, 0) is 10.4 Å². The number of benzene rings is 2. The molecule has 0 saturated carbocycles. The van der Waals surface area contributed by atoms with Gasteiger partial charge in [-0.15, -0.1) is 0 Å². The molecule has 3 rings (SSSR count). The fourth-order valence-corrected chi connectivity index (χ4v) is 2.68. The van der Waals surface area contributed by atoms with Crippen LogP contribution in [0.5, 0.6) is 0 Å². The molecule has 0 aliphatic carbocycles. The minimum absolute atomic E-state index is 0.134. The summed E-state index contributed by atoms with van der Waals surface area (Å²) < 4.78 is 5.05. The largest absolute Gasteiger partial charge is 0.433 e. The predicted octanol–water partition coefficient (Wildman–Crippen LogP) is 2.96. The van der Waals surface area contributed by atoms with Gasteiger partial charge in [-0.3, -0.25) is 14.9 Å². The van der Waals surface area contributed by atoms with Gasteiger partial charge in [0.1, 0.15) is 10.6 Å². The molecular formula is C20H17N3O5. The summed E-state index contributed by atoms with van der Waals surface area (Å²) in [4.78, 5) is 23.0. The molecule has 0 saturated heterocycles. The third-order valence-electron chi connectivity index (χ3n) is 4.17. The van der Waals surface area contributed by atoms with E-state index in [1.165, 1.54) is 19.1 Å². The maximum Gasteiger partial charge on any atom is 0.433 e. The van der Waals surface area contributed by atoms with E-state index in [9.17, 15) is 20.0 Å². The first-order chi connectivity index (χ1) is 13.4. The Labute approximate surface area is 160 Å². The topological polar surface area (TPSA) is 118 Å². The van der Waals surface area contributed by atoms with E-state index in [2.05, 4.69) is 10.5 Å². The maximum absolute atomic E-state index is 12.9. The zero-order valence-electron chi connectivity index (χ0n) is 14.9. The smallest absolute Gasteiger partial charge is 0.399 e. The molecule has 28 heavy (non-hydrogen) atoms. The van der Waals surface area contributed by atoms with E-state index >= 15 is 0 Å². The van der Waals surface area contributed by atoms with Crippen molar-refractivity contribution in [2.75, 3.05) is 0 Å². The van der Waals surface area contributed by atoms with Gasteiger partial charge in [-0.1, -0.05) is 60.7 Å². The second-order valence-electron chi connectivity index (χ2n) is 5.98. The Kier molecular flexibility index (Phi) is 5.32. The van der Waals surface area contributed by atoms with E-state index in [0.717, 1.165) is 0 Å². The molecule has 2 N–H and O–H groups in total. The van der Waals surface area contributed by atoms with Crippen LogP contribution in [0.4, 0.5) is 5.88 Å². The van der Waals surface area contributed by atoms with Crippen molar-refractivity contribution >= 4 is 17.5 Å². The van der Waals surface area contributed by atoms with Crippen molar-refractivity contribution in [2.45, 2.75) is 12.5 Å². The van der Waals surface area contributed by atoms with Crippen molar-refractivity contribution in [3.05, 3.63) is 99.8 Å². The number of carbonyl (C=O) groups excluding carboxylic acids is 1. The summed E-state index contributed by atoms with van der Waals surface area (Å²) in [7, 11) is 0. The number of rotatable bonds is 6. The van der Waals surface area contributed by atoms with Crippen LogP contribution in [0.25, 0.3) is 0 Å². The van der Waals surface area contributed by atoms with E-state index in [1.807, 2.05) is 0 Å². The van der Waals surface area contributed by atoms with Crippen molar-refractivity contribution in [1.82, 2.24) is 5.43 Å². The molecule has 1 aromatic heterocycles. The van der Waals surface area contributed by atoms with Gasteiger partial charge in [-0.25, -0.2) is 5.43 Å². The average molecular weight is 379 g/mol. The highest BCUT2D eigenvalue weighted by molar-refractivity contribution is 5.98. The second kappa shape index (κ2) is 7.85. The molecule has 0 spiro atoms. The minimum atomic E-state index is -1.97. The van der Waals surface area contributed by atoms with Crippen molar-refractivity contribution in [2.24, 2.45) is 5.10 Å². The number of nitro groups is 1. The van der Waals surface area contributed by atoms with Crippen molar-refractivity contribution < 1.29 is 19.2 Å². The first-order valence-corrected chi connectivity index (χ1v) is 8.35. The summed E-state index contributed by atoms with van der Waals surface area (Å²) >= 11 is 0. The third-order valence-corrected chi connectivity index (χ3v) is 4.17. The molecule has 0 atom stereocenters. The molecule has 0 bridgehead atoms. The third kappa shape index (κ3) is 3.67. The summed E-state index contributed by atoms with van der Waals surface area (Å²) in [5.41, 5.74) is 1.32. The van der Waals surface area contributed by atoms with Gasteiger partial charge in [0.05, 0.1) is 6.07 Å². The van der Waals surface area contributed by atoms with Gasteiger partial charge in [-0.2, -0.15) is 5.10 Å². The summed E-state index contributed by atoms with van der Waals surface area (Å²) in [6.45, 7) is 1.52. The number of furan rings is 1. The number of hydrogen-bond acceptors (Lipinski definition) is 6. The molecule has 3 aromatic rings. The van der Waals surface area contributed by atoms with Gasteiger partial charge in [0.15, 0.2) is 11.4 Å². The number of amides is 1. The Balaban J connectivity index is 1.91. The van der Waals surface area contributed by atoms with Crippen LogP contribution in [0, 0.1) is 10.1 Å². The summed E-state index contributed by atoms with van der Waals surface area (Å²) in [6.07, 6.45) is 0. The van der Waals surface area contributed by atoms with Crippen molar-refractivity contribution in [1.29, 1.82) is 0 Å². The van der Waals surface area contributed by atoms with Gasteiger partial charge >= 0.3 is 5.88 Å². The fourth-order valence-electron chi connectivity index (χ4n) is 2.68. The van der Waals surface area contributed by atoms with E-state index < -0.39 is 22.3 Å². The van der Waals surface area contributed by atoms with Crippen LogP contribution in [-0.4, -0.2) is 21.6 Å². The molecule has 1 heterocycles. The second-order valence-corrected chi connectivity index (χ2v) is 5.98. The molecule has 8 heteroatoms. The molecule has 8 nitrogen and oxygen atoms in total. The van der Waals surface area contributed by atoms with Crippen LogP contribution < -0.4 is 5.43 Å². The molecule has 0 radical (unpaired) electrons. The van der Waals surface area contributed by atoms with Gasteiger partial charge < -0.3 is 9.52 Å². The number of aliphatic hydroxyl groups is 1. The summed E-state index contributed by atoms with van der Waals surface area (Å²) in [6, 6.07) is 19.5. The molecule has 142 valence electrons. The van der Waals surface area contributed by atoms with Gasteiger partial charge in [-0.05, 0) is 24.1 Å². The van der Waals surface area contributed by atoms with Crippen molar-refractivity contribution in [3.8, 4) is 0 Å². The number of nitrogens with zero attached hydrogens (tertiary/aromatic N) is 2. The lowest BCUT2D eigenvalue weighted by Crippen LogP contribution is -2.43. The SMILES string of the molecule is CC(=NNC(=O)C(O)(c1ccccc1)c1ccccc1)c1ccc([N+](=O)[O-])o1. The van der Waals surface area contributed by atoms with Gasteiger partial charge in [0, 0.05) is 0 Å². The Hall–Kier alpha value is -3.78. The zero-order valence-corrected chi connectivity index (χ0v) is 14.9. The lowest BCUT2D eigenvalue weighted by Gasteiger charge is -2.27. The molecule has 0 aliphatic heterocycles. The van der Waals surface area contributed by atoms with Crippen LogP contribution in [0.3, 0.4) is 0 Å². The van der Waals surface area contributed by atoms with Crippen LogP contribution in [0.2, 0.25) is 0 Å². The monoisotopic (exact) mass is 379 g/mol. The quantitative estimate of drug-likeness (QED) is 0.388. The standard InChI is InChI=1S/C20H17N3O5/c1-14(17-12-13-18(28-17)23(26)27)21-22-19(24)20(25,15-8-4-2-5-9-15)16-10-6-3-7-11-16/h2-13,25H,1H3,(H,22,24). The molecular weight excluding hydrogens is 362 g/mol. The Bertz CT molecular complexity index is 973. The highest BCUT2D eigenvalue weighted by Crippen LogP contribution is 2.29. The van der Waals surface area contributed by atoms with Crippen molar-refractivity contribution in [3.63, 3.8) is 0 Å². The average Bonchev–Trinajstić information content (AvgIpc) is 3.23. The molecule has 0 fully saturated rings. The van der Waals surface area contributed by atoms with Gasteiger partial charge in [0.25, 0.3) is 5.91 Å². The van der Waals surface area contributed by atoms with Crippen LogP contribution >= 0.6 is 0 Å². The van der Waals surface area contributed by atoms with E-state index in [0.29, 0.717) is 11.1 Å². The maximum atomic E-state index is 12.9. The number of hydrazone groups is 1. The minimum Gasteiger partial charge on any atom is -0.399 e. The van der Waals surface area contributed by atoms with E-state index in [1.54, 1.807) is 60.7 Å². The Morgan fingerprint density at radius 1 is 1.04 bits per heavy atom.